The van der Waals surface area contributed by atoms with Crippen molar-refractivity contribution in [2.45, 2.75) is 18.8 Å². The van der Waals surface area contributed by atoms with Gasteiger partial charge in [0.15, 0.2) is 0 Å². The molecule has 0 aliphatic carbocycles. The molecule has 0 aromatic carbocycles. The van der Waals surface area contributed by atoms with Crippen molar-refractivity contribution in [1.82, 2.24) is 15.5 Å². The summed E-state index contributed by atoms with van der Waals surface area (Å²) < 4.78 is 5.03. The number of aromatic nitrogens is 2. The molecule has 1 aromatic rings. The first-order chi connectivity index (χ1) is 5.71. The lowest BCUT2D eigenvalue weighted by Crippen LogP contribution is -2.25. The van der Waals surface area contributed by atoms with Gasteiger partial charge in [-0.2, -0.15) is 4.98 Å². The number of nitrogens with zero attached hydrogens (tertiary/aromatic N) is 2. The predicted molar refractivity (Wildman–Crippen MR) is 43.5 cm³/mol. The van der Waals surface area contributed by atoms with Crippen molar-refractivity contribution in [2.75, 3.05) is 18.8 Å². The van der Waals surface area contributed by atoms with Crippen molar-refractivity contribution in [3.63, 3.8) is 0 Å². The number of nitrogen functional groups attached to an aromatic ring is 1. The number of nitrogens with two attached hydrogens (primary N) is 1. The average Bonchev–Trinajstić information content (AvgIpc) is 2.59. The van der Waals surface area contributed by atoms with Gasteiger partial charge in [0, 0.05) is 6.54 Å². The van der Waals surface area contributed by atoms with E-state index in [1.807, 2.05) is 0 Å². The number of hydrogen-bond acceptors (Lipinski definition) is 5. The van der Waals surface area contributed by atoms with Gasteiger partial charge in [0.25, 0.3) is 5.95 Å². The van der Waals surface area contributed by atoms with Gasteiger partial charge in [0.2, 0.25) is 5.89 Å². The maximum absolute atomic E-state index is 5.37. The molecule has 0 saturated carbocycles. The Morgan fingerprint density at radius 3 is 3.00 bits per heavy atom. The minimum Gasteiger partial charge on any atom is -0.365 e. The van der Waals surface area contributed by atoms with Crippen LogP contribution in [0.3, 0.4) is 0 Å². The smallest absolute Gasteiger partial charge is 0.260 e. The lowest BCUT2D eigenvalue weighted by molar-refractivity contribution is 0.307. The Morgan fingerprint density at radius 2 is 2.50 bits per heavy atom. The third kappa shape index (κ3) is 1.06. The fraction of sp³-hybridized carbons (Fsp3) is 0.714. The number of hydrogen-bond donors (Lipinski definition) is 2. The fourth-order valence-electron chi connectivity index (χ4n) is 1.48. The van der Waals surface area contributed by atoms with Crippen molar-refractivity contribution in [3.05, 3.63) is 5.89 Å². The van der Waals surface area contributed by atoms with Crippen LogP contribution in [0.25, 0.3) is 0 Å². The molecule has 5 heteroatoms. The predicted octanol–water partition coefficient (Wildman–Crippen LogP) is -0.0972. The Labute approximate surface area is 70.3 Å². The molecule has 0 bridgehead atoms. The summed E-state index contributed by atoms with van der Waals surface area (Å²) in [5.41, 5.74) is 5.35. The van der Waals surface area contributed by atoms with E-state index >= 15 is 0 Å². The van der Waals surface area contributed by atoms with Crippen LogP contribution < -0.4 is 11.1 Å². The topological polar surface area (TPSA) is 77.0 Å². The Balaban J connectivity index is 2.28. The van der Waals surface area contributed by atoms with Crippen LogP contribution in [0.2, 0.25) is 0 Å². The zero-order chi connectivity index (χ0) is 8.60. The summed E-state index contributed by atoms with van der Waals surface area (Å²) in [6.45, 7) is 3.98. The van der Waals surface area contributed by atoms with E-state index in [9.17, 15) is 0 Å². The van der Waals surface area contributed by atoms with Crippen LogP contribution in [0.15, 0.2) is 4.52 Å². The molecule has 5 nitrogen and oxygen atoms in total. The minimum atomic E-state index is -0.0232. The molecule has 12 heavy (non-hydrogen) atoms. The SMILES string of the molecule is CC1(c2nc(N)no2)CCNC1. The number of rotatable bonds is 1. The molecule has 0 radical (unpaired) electrons. The number of nitrogens with one attached hydrogen (secondary N) is 1. The van der Waals surface area contributed by atoms with E-state index in [-0.39, 0.29) is 11.4 Å². The van der Waals surface area contributed by atoms with E-state index < -0.39 is 0 Å². The van der Waals surface area contributed by atoms with Crippen LogP contribution in [-0.4, -0.2) is 23.2 Å². The summed E-state index contributed by atoms with van der Waals surface area (Å²) in [7, 11) is 0. The zero-order valence-electron chi connectivity index (χ0n) is 7.00. The van der Waals surface area contributed by atoms with Crippen molar-refractivity contribution in [3.8, 4) is 0 Å². The quantitative estimate of drug-likeness (QED) is 0.612. The van der Waals surface area contributed by atoms with Crippen LogP contribution in [0.1, 0.15) is 19.2 Å². The second-order valence-corrected chi connectivity index (χ2v) is 3.45. The molecule has 2 heterocycles. The lowest BCUT2D eigenvalue weighted by atomic mass is 9.90. The standard InChI is InChI=1S/C7H12N4O/c1-7(2-3-9-4-7)5-10-6(8)11-12-5/h9H,2-4H2,1H3,(H2,8,11). The van der Waals surface area contributed by atoms with Gasteiger partial charge in [-0.3, -0.25) is 0 Å². The Bertz CT molecular complexity index is 277. The second kappa shape index (κ2) is 2.45. The van der Waals surface area contributed by atoms with Crippen LogP contribution in [0, 0.1) is 0 Å². The summed E-state index contributed by atoms with van der Waals surface area (Å²) >= 11 is 0. The highest BCUT2D eigenvalue weighted by molar-refractivity contribution is 5.16. The summed E-state index contributed by atoms with van der Waals surface area (Å²) in [5, 5.41) is 6.82. The van der Waals surface area contributed by atoms with Gasteiger partial charge < -0.3 is 15.6 Å². The molecule has 1 aromatic heterocycles. The molecule has 2 rings (SSSR count). The highest BCUT2D eigenvalue weighted by Crippen LogP contribution is 2.28. The van der Waals surface area contributed by atoms with Crippen LogP contribution in [0.5, 0.6) is 0 Å². The second-order valence-electron chi connectivity index (χ2n) is 3.45. The maximum Gasteiger partial charge on any atom is 0.260 e. The molecule has 1 fully saturated rings. The van der Waals surface area contributed by atoms with E-state index in [0.29, 0.717) is 5.89 Å². The van der Waals surface area contributed by atoms with E-state index in [4.69, 9.17) is 10.3 Å². The van der Waals surface area contributed by atoms with Crippen molar-refractivity contribution >= 4 is 5.95 Å². The molecule has 0 amide bonds. The summed E-state index contributed by atoms with van der Waals surface area (Å²) in [5.74, 6) is 0.864. The number of anilines is 1. The molecular weight excluding hydrogens is 156 g/mol. The average molecular weight is 168 g/mol. The molecule has 3 N–H and O–H groups in total. The Kier molecular flexibility index (Phi) is 1.54. The first-order valence-corrected chi connectivity index (χ1v) is 4.01. The van der Waals surface area contributed by atoms with Gasteiger partial charge in [-0.25, -0.2) is 0 Å². The minimum absolute atomic E-state index is 0.0232. The van der Waals surface area contributed by atoms with Gasteiger partial charge in [0.1, 0.15) is 0 Å². The van der Waals surface area contributed by atoms with Crippen molar-refractivity contribution < 1.29 is 4.52 Å². The first-order valence-electron chi connectivity index (χ1n) is 4.01. The van der Waals surface area contributed by atoms with Gasteiger partial charge in [-0.1, -0.05) is 0 Å². The van der Waals surface area contributed by atoms with E-state index in [1.54, 1.807) is 0 Å². The Morgan fingerprint density at radius 1 is 1.67 bits per heavy atom. The highest BCUT2D eigenvalue weighted by atomic mass is 16.5. The van der Waals surface area contributed by atoms with E-state index in [2.05, 4.69) is 22.4 Å². The monoisotopic (exact) mass is 168 g/mol. The third-order valence-corrected chi connectivity index (χ3v) is 2.33. The molecule has 1 unspecified atom stereocenters. The maximum atomic E-state index is 5.37. The third-order valence-electron chi connectivity index (χ3n) is 2.33. The molecule has 1 aliphatic heterocycles. The molecular formula is C7H12N4O. The molecule has 1 aliphatic rings. The molecule has 0 spiro atoms. The van der Waals surface area contributed by atoms with Crippen molar-refractivity contribution in [1.29, 1.82) is 0 Å². The van der Waals surface area contributed by atoms with Gasteiger partial charge >= 0.3 is 0 Å². The molecule has 1 saturated heterocycles. The summed E-state index contributed by atoms with van der Waals surface area (Å²) in [6.07, 6.45) is 1.02. The van der Waals surface area contributed by atoms with Crippen molar-refractivity contribution in [2.24, 2.45) is 0 Å². The first kappa shape index (κ1) is 7.54. The fourth-order valence-corrected chi connectivity index (χ4v) is 1.48. The Hall–Kier alpha value is -1.10. The normalized spacial score (nSPS) is 29.4. The highest BCUT2D eigenvalue weighted by Gasteiger charge is 2.35. The van der Waals surface area contributed by atoms with Gasteiger partial charge in [-0.05, 0) is 25.0 Å². The van der Waals surface area contributed by atoms with Crippen LogP contribution in [0.4, 0.5) is 5.95 Å². The van der Waals surface area contributed by atoms with E-state index in [0.717, 1.165) is 19.5 Å². The van der Waals surface area contributed by atoms with Gasteiger partial charge in [0.05, 0.1) is 5.41 Å². The van der Waals surface area contributed by atoms with Crippen LogP contribution >= 0.6 is 0 Å². The molecule has 66 valence electrons. The van der Waals surface area contributed by atoms with Crippen LogP contribution in [-0.2, 0) is 5.41 Å². The summed E-state index contributed by atoms with van der Waals surface area (Å²) in [6, 6.07) is 0. The largest absolute Gasteiger partial charge is 0.365 e. The summed E-state index contributed by atoms with van der Waals surface area (Å²) in [4.78, 5) is 4.02. The zero-order valence-corrected chi connectivity index (χ0v) is 7.00. The lowest BCUT2D eigenvalue weighted by Gasteiger charge is -2.15. The van der Waals surface area contributed by atoms with E-state index in [1.165, 1.54) is 0 Å². The molecule has 1 atom stereocenters. The van der Waals surface area contributed by atoms with Gasteiger partial charge in [-0.15, -0.1) is 0 Å².